The highest BCUT2D eigenvalue weighted by atomic mass is 32.2. The van der Waals surface area contributed by atoms with Crippen LogP contribution in [-0.4, -0.2) is 98.9 Å². The van der Waals surface area contributed by atoms with Crippen LogP contribution in [0.4, 0.5) is 13.2 Å². The number of hydrogen-bond acceptors (Lipinski definition) is 6. The smallest absolute Gasteiger partial charge is 0.359 e. The minimum atomic E-state index is -4.50. The molecule has 1 aliphatic carbocycles. The third-order valence-corrected chi connectivity index (χ3v) is 11.4. The molecule has 0 spiro atoms. The van der Waals surface area contributed by atoms with Crippen molar-refractivity contribution in [2.75, 3.05) is 40.8 Å². The summed E-state index contributed by atoms with van der Waals surface area (Å²) in [5.74, 6) is -1.31. The number of nitrogens with zero attached hydrogens (tertiary/aromatic N) is 3. The van der Waals surface area contributed by atoms with Gasteiger partial charge in [0.1, 0.15) is 6.04 Å². The lowest BCUT2D eigenvalue weighted by Crippen LogP contribution is -2.50. The molecule has 0 radical (unpaired) electrons. The van der Waals surface area contributed by atoms with Gasteiger partial charge < -0.3 is 10.2 Å². The number of fused-ring (bicyclic) bond motifs is 1. The number of alkyl halides is 3. The van der Waals surface area contributed by atoms with Crippen LogP contribution in [0.5, 0.6) is 0 Å². The number of carbonyl (C=O) groups excluding carboxylic acids is 1. The number of amides is 1. The van der Waals surface area contributed by atoms with Gasteiger partial charge in [-0.05, 0) is 77.3 Å². The molecule has 4 atom stereocenters. The predicted octanol–water partition coefficient (Wildman–Crippen LogP) is 1.79. The molecule has 4 fully saturated rings. The number of rotatable bonds is 5. The zero-order valence-corrected chi connectivity index (χ0v) is 21.7. The summed E-state index contributed by atoms with van der Waals surface area (Å²) in [6.07, 6.45) is 1.40. The molecule has 4 rings (SSSR count). The van der Waals surface area contributed by atoms with Crippen molar-refractivity contribution in [3.05, 3.63) is 0 Å². The average Bonchev–Trinajstić information content (AvgIpc) is 3.23. The van der Waals surface area contributed by atoms with E-state index in [1.54, 1.807) is 9.31 Å². The van der Waals surface area contributed by atoms with Crippen molar-refractivity contribution in [2.24, 2.45) is 17.8 Å². The number of piperidine rings is 2. The molecule has 202 valence electrons. The average molecular weight is 524 g/mol. The number of sulfonamides is 1. The summed E-state index contributed by atoms with van der Waals surface area (Å²) < 4.78 is 69.1. The Hall–Kier alpha value is -0.950. The Morgan fingerprint density at radius 3 is 2.11 bits per heavy atom. The van der Waals surface area contributed by atoms with Crippen molar-refractivity contribution >= 4 is 15.9 Å². The van der Waals surface area contributed by atoms with Crippen LogP contribution < -0.4 is 10.7 Å². The number of hydrogen-bond donors (Lipinski definition) is 2. The Kier molecular flexibility index (Phi) is 8.07. The second-order valence-corrected chi connectivity index (χ2v) is 13.2. The molecule has 2 N–H and O–H groups in total. The van der Waals surface area contributed by atoms with Crippen molar-refractivity contribution in [1.82, 2.24) is 25.0 Å². The number of hydrazine groups is 1. The second kappa shape index (κ2) is 10.4. The monoisotopic (exact) mass is 523 g/mol. The maximum atomic E-state index is 13.6. The second-order valence-electron chi connectivity index (χ2n) is 11.0. The van der Waals surface area contributed by atoms with Gasteiger partial charge in [0.15, 0.2) is 0 Å². The van der Waals surface area contributed by atoms with E-state index in [0.717, 1.165) is 32.1 Å². The Labute approximate surface area is 207 Å². The zero-order valence-electron chi connectivity index (χ0n) is 20.9. The molecule has 0 aromatic heterocycles. The van der Waals surface area contributed by atoms with E-state index in [1.165, 1.54) is 7.05 Å². The first-order valence-corrected chi connectivity index (χ1v) is 14.4. The fourth-order valence-electron chi connectivity index (χ4n) is 6.88. The van der Waals surface area contributed by atoms with Crippen LogP contribution in [0.1, 0.15) is 51.4 Å². The lowest BCUT2D eigenvalue weighted by molar-refractivity contribution is -0.169. The molecule has 4 unspecified atom stereocenters. The Balaban J connectivity index is 1.35. The van der Waals surface area contributed by atoms with E-state index in [1.807, 2.05) is 14.1 Å². The SMILES string of the molecule is CNC(=O)C1C2CC(C3CCN(S(=O)(=O)C4CCC(N(C)C)CC4)CC3)CCN2NC1C(F)(F)F. The molecular weight excluding hydrogens is 483 g/mol. The molecular formula is C23H40F3N5O3S. The minimum Gasteiger partial charge on any atom is -0.359 e. The van der Waals surface area contributed by atoms with Crippen LogP contribution in [0.2, 0.25) is 0 Å². The van der Waals surface area contributed by atoms with E-state index in [4.69, 9.17) is 0 Å². The highest BCUT2D eigenvalue weighted by Gasteiger charge is 2.58. The summed E-state index contributed by atoms with van der Waals surface area (Å²) in [5, 5.41) is 3.72. The van der Waals surface area contributed by atoms with Crippen molar-refractivity contribution in [2.45, 2.75) is 80.9 Å². The van der Waals surface area contributed by atoms with Crippen LogP contribution in [0.3, 0.4) is 0 Å². The van der Waals surface area contributed by atoms with E-state index in [9.17, 15) is 26.4 Å². The van der Waals surface area contributed by atoms with Gasteiger partial charge in [-0.25, -0.2) is 23.2 Å². The van der Waals surface area contributed by atoms with Gasteiger partial charge in [0, 0.05) is 38.8 Å². The van der Waals surface area contributed by atoms with E-state index in [0.29, 0.717) is 44.9 Å². The summed E-state index contributed by atoms with van der Waals surface area (Å²) in [6, 6.07) is -1.94. The normalized spacial score (nSPS) is 36.3. The predicted molar refractivity (Wildman–Crippen MR) is 127 cm³/mol. The summed E-state index contributed by atoms with van der Waals surface area (Å²) in [7, 11) is 2.12. The Morgan fingerprint density at radius 2 is 1.57 bits per heavy atom. The first kappa shape index (κ1) is 27.1. The summed E-state index contributed by atoms with van der Waals surface area (Å²) in [5.41, 5.74) is 2.55. The lowest BCUT2D eigenvalue weighted by atomic mass is 9.74. The van der Waals surface area contributed by atoms with Crippen LogP contribution in [0.15, 0.2) is 0 Å². The largest absolute Gasteiger partial charge is 0.406 e. The van der Waals surface area contributed by atoms with Crippen molar-refractivity contribution in [3.63, 3.8) is 0 Å². The third kappa shape index (κ3) is 5.51. The van der Waals surface area contributed by atoms with Gasteiger partial charge >= 0.3 is 6.18 Å². The molecule has 1 amide bonds. The van der Waals surface area contributed by atoms with E-state index < -0.39 is 40.1 Å². The van der Waals surface area contributed by atoms with Crippen molar-refractivity contribution in [1.29, 1.82) is 0 Å². The van der Waals surface area contributed by atoms with E-state index >= 15 is 0 Å². The molecule has 3 saturated heterocycles. The Bertz CT molecular complexity index is 855. The standard InChI is InChI=1S/C23H40F3N5O3S/c1-27-22(32)20-19-14-16(10-13-31(19)28-21(20)23(24,25)26)15-8-11-30(12-9-15)35(33,34)18-6-4-17(5-7-18)29(2)3/h15-21,28H,4-14H2,1-3H3,(H,27,32). The first-order valence-electron chi connectivity index (χ1n) is 12.9. The maximum Gasteiger partial charge on any atom is 0.406 e. The number of carbonyl (C=O) groups is 1. The molecule has 1 saturated carbocycles. The van der Waals surface area contributed by atoms with Gasteiger partial charge in [-0.2, -0.15) is 13.2 Å². The molecule has 3 aliphatic heterocycles. The molecule has 12 heteroatoms. The molecule has 35 heavy (non-hydrogen) atoms. The minimum absolute atomic E-state index is 0.192. The molecule has 4 aliphatic rings. The quantitative estimate of drug-likeness (QED) is 0.572. The highest BCUT2D eigenvalue weighted by molar-refractivity contribution is 7.89. The van der Waals surface area contributed by atoms with Crippen LogP contribution in [-0.2, 0) is 14.8 Å². The fraction of sp³-hybridized carbons (Fsp3) is 0.957. The molecule has 0 aromatic rings. The first-order chi connectivity index (χ1) is 16.4. The van der Waals surface area contributed by atoms with Crippen molar-refractivity contribution in [3.8, 4) is 0 Å². The van der Waals surface area contributed by atoms with Crippen LogP contribution in [0.25, 0.3) is 0 Å². The summed E-state index contributed by atoms with van der Waals surface area (Å²) in [4.78, 5) is 14.6. The van der Waals surface area contributed by atoms with Crippen LogP contribution in [0, 0.1) is 17.8 Å². The zero-order chi connectivity index (χ0) is 25.5. The molecule has 8 nitrogen and oxygen atoms in total. The fourth-order valence-corrected chi connectivity index (χ4v) is 8.89. The number of halogens is 3. The van der Waals surface area contributed by atoms with Gasteiger partial charge in [0.05, 0.1) is 11.2 Å². The molecule has 0 bridgehead atoms. The topological polar surface area (TPSA) is 85.0 Å². The van der Waals surface area contributed by atoms with Crippen molar-refractivity contribution < 1.29 is 26.4 Å². The van der Waals surface area contributed by atoms with E-state index in [-0.39, 0.29) is 17.1 Å². The van der Waals surface area contributed by atoms with Gasteiger partial charge in [0.25, 0.3) is 0 Å². The third-order valence-electron chi connectivity index (χ3n) is 8.99. The van der Waals surface area contributed by atoms with Gasteiger partial charge in [-0.3, -0.25) is 4.79 Å². The summed E-state index contributed by atoms with van der Waals surface area (Å²) in [6.45, 7) is 1.42. The molecule has 0 aromatic carbocycles. The van der Waals surface area contributed by atoms with Crippen LogP contribution >= 0.6 is 0 Å². The maximum absolute atomic E-state index is 13.6. The van der Waals surface area contributed by atoms with Gasteiger partial charge in [0.2, 0.25) is 15.9 Å². The number of nitrogens with one attached hydrogen (secondary N) is 2. The van der Waals surface area contributed by atoms with Gasteiger partial charge in [-0.1, -0.05) is 0 Å². The van der Waals surface area contributed by atoms with E-state index in [2.05, 4.69) is 15.6 Å². The lowest BCUT2D eigenvalue weighted by Gasteiger charge is -2.43. The molecule has 3 heterocycles. The Morgan fingerprint density at radius 1 is 0.971 bits per heavy atom. The summed E-state index contributed by atoms with van der Waals surface area (Å²) >= 11 is 0. The van der Waals surface area contributed by atoms with Gasteiger partial charge in [-0.15, -0.1) is 0 Å². The highest BCUT2D eigenvalue weighted by Crippen LogP contribution is 2.43.